The lowest BCUT2D eigenvalue weighted by molar-refractivity contribution is -0.154. The molecular weight excluding hydrogens is 480 g/mol. The number of rotatable bonds is 5. The Hall–Kier alpha value is -2.60. The molecule has 1 saturated carbocycles. The Kier molecular flexibility index (Phi) is 7.37. The highest BCUT2D eigenvalue weighted by Crippen LogP contribution is 2.36. The van der Waals surface area contributed by atoms with Gasteiger partial charge in [0.25, 0.3) is 5.91 Å². The lowest BCUT2D eigenvalue weighted by Crippen LogP contribution is -2.45. The summed E-state index contributed by atoms with van der Waals surface area (Å²) in [7, 11) is 0. The second-order valence-electron chi connectivity index (χ2n) is 7.42. The number of ether oxygens (including phenoxy) is 1. The molecule has 1 amide bonds. The molecule has 0 saturated heterocycles. The van der Waals surface area contributed by atoms with Crippen molar-refractivity contribution in [3.05, 3.63) is 40.7 Å². The van der Waals surface area contributed by atoms with Crippen LogP contribution < -0.4 is 10.1 Å². The molecule has 1 fully saturated rings. The fourth-order valence-corrected chi connectivity index (χ4v) is 3.56. The molecule has 33 heavy (non-hydrogen) atoms. The highest BCUT2D eigenvalue weighted by atomic mass is 35.5. The van der Waals surface area contributed by atoms with Crippen LogP contribution in [0.15, 0.2) is 24.3 Å². The van der Waals surface area contributed by atoms with E-state index in [1.165, 1.54) is 24.3 Å². The van der Waals surface area contributed by atoms with Crippen LogP contribution in [0, 0.1) is 0 Å². The molecule has 3 rings (SSSR count). The van der Waals surface area contributed by atoms with Crippen molar-refractivity contribution in [1.82, 2.24) is 15.3 Å². The zero-order chi connectivity index (χ0) is 24.4. The standard InChI is InChI=1S/C20H18ClF6N3O3/c21-11-5-3-4-10(8-11)14-18(33-9-19(22,23)24)30-16(20(25,26)27)15(29-14)17(32)28-12-6-1-2-7-13(12)31/h3-5,8,12-13,31H,1-2,6-7,9H2,(H,28,32)/t12-,13-/m1/s1. The average Bonchev–Trinajstić information content (AvgIpc) is 2.72. The monoisotopic (exact) mass is 497 g/mol. The van der Waals surface area contributed by atoms with Gasteiger partial charge in [-0.05, 0) is 25.0 Å². The first-order valence-corrected chi connectivity index (χ1v) is 10.2. The zero-order valence-corrected chi connectivity index (χ0v) is 17.6. The van der Waals surface area contributed by atoms with E-state index in [1.807, 2.05) is 0 Å². The lowest BCUT2D eigenvalue weighted by atomic mass is 9.92. The number of carbonyl (C=O) groups is 1. The maximum Gasteiger partial charge on any atom is 0.435 e. The van der Waals surface area contributed by atoms with Crippen molar-refractivity contribution >= 4 is 17.5 Å². The molecular formula is C20H18ClF6N3O3. The number of amides is 1. The summed E-state index contributed by atoms with van der Waals surface area (Å²) in [6, 6.07) is 4.56. The Morgan fingerprint density at radius 2 is 1.85 bits per heavy atom. The van der Waals surface area contributed by atoms with E-state index in [0.717, 1.165) is 0 Å². The fourth-order valence-electron chi connectivity index (χ4n) is 3.37. The molecule has 1 heterocycles. The second kappa shape index (κ2) is 9.72. The van der Waals surface area contributed by atoms with E-state index < -0.39 is 60.0 Å². The Morgan fingerprint density at radius 1 is 1.15 bits per heavy atom. The third-order valence-electron chi connectivity index (χ3n) is 4.86. The van der Waals surface area contributed by atoms with Gasteiger partial charge < -0.3 is 15.2 Å². The third kappa shape index (κ3) is 6.47. The molecule has 1 aliphatic rings. The molecule has 0 spiro atoms. The van der Waals surface area contributed by atoms with Gasteiger partial charge in [-0.3, -0.25) is 4.79 Å². The van der Waals surface area contributed by atoms with Crippen LogP contribution >= 0.6 is 11.6 Å². The summed E-state index contributed by atoms with van der Waals surface area (Å²) >= 11 is 5.89. The smallest absolute Gasteiger partial charge is 0.435 e. The SMILES string of the molecule is O=C(N[C@@H]1CCCC[C@H]1O)c1nc(-c2cccc(Cl)c2)c(OCC(F)(F)F)nc1C(F)(F)F. The number of hydrogen-bond donors (Lipinski definition) is 2. The zero-order valence-electron chi connectivity index (χ0n) is 16.8. The molecule has 0 radical (unpaired) electrons. The van der Waals surface area contributed by atoms with Crippen LogP contribution in [0.2, 0.25) is 5.02 Å². The minimum atomic E-state index is -5.23. The van der Waals surface area contributed by atoms with Gasteiger partial charge >= 0.3 is 12.4 Å². The van der Waals surface area contributed by atoms with E-state index in [9.17, 15) is 36.2 Å². The van der Waals surface area contributed by atoms with Crippen LogP contribution in [0.3, 0.4) is 0 Å². The molecule has 1 aromatic heterocycles. The number of nitrogens with one attached hydrogen (secondary N) is 1. The molecule has 180 valence electrons. The maximum atomic E-state index is 13.7. The molecule has 0 bridgehead atoms. The van der Waals surface area contributed by atoms with Gasteiger partial charge in [0, 0.05) is 10.6 Å². The first-order valence-electron chi connectivity index (χ1n) is 9.79. The van der Waals surface area contributed by atoms with Crippen molar-refractivity contribution in [2.24, 2.45) is 0 Å². The minimum absolute atomic E-state index is 0.00681. The van der Waals surface area contributed by atoms with Crippen LogP contribution in [-0.4, -0.2) is 45.9 Å². The largest absolute Gasteiger partial charge is 0.466 e. The summed E-state index contributed by atoms with van der Waals surface area (Å²) in [5, 5.41) is 12.5. The topological polar surface area (TPSA) is 84.3 Å². The molecule has 2 atom stereocenters. The number of alkyl halides is 6. The van der Waals surface area contributed by atoms with Crippen molar-refractivity contribution in [3.63, 3.8) is 0 Å². The van der Waals surface area contributed by atoms with Gasteiger partial charge in [-0.2, -0.15) is 26.3 Å². The minimum Gasteiger partial charge on any atom is -0.466 e. The van der Waals surface area contributed by atoms with Gasteiger partial charge in [-0.25, -0.2) is 9.97 Å². The fraction of sp³-hybridized carbons (Fsp3) is 0.450. The number of aliphatic hydroxyl groups excluding tert-OH is 1. The van der Waals surface area contributed by atoms with E-state index in [0.29, 0.717) is 25.7 Å². The Labute approximate surface area is 188 Å². The van der Waals surface area contributed by atoms with Crippen LogP contribution in [0.25, 0.3) is 11.3 Å². The predicted molar refractivity (Wildman–Crippen MR) is 105 cm³/mol. The molecule has 0 aliphatic heterocycles. The van der Waals surface area contributed by atoms with Gasteiger partial charge in [0.15, 0.2) is 18.0 Å². The molecule has 0 unspecified atom stereocenters. The van der Waals surface area contributed by atoms with Crippen LogP contribution in [-0.2, 0) is 6.18 Å². The Bertz CT molecular complexity index is 1020. The Balaban J connectivity index is 2.10. The van der Waals surface area contributed by atoms with Gasteiger partial charge in [-0.1, -0.05) is 36.6 Å². The number of hydrogen-bond acceptors (Lipinski definition) is 5. The Morgan fingerprint density at radius 3 is 2.45 bits per heavy atom. The summed E-state index contributed by atoms with van der Waals surface area (Å²) in [6.07, 6.45) is -8.99. The number of aromatic nitrogens is 2. The summed E-state index contributed by atoms with van der Waals surface area (Å²) in [5.74, 6) is -2.33. The average molecular weight is 498 g/mol. The number of aliphatic hydroxyl groups is 1. The van der Waals surface area contributed by atoms with Crippen LogP contribution in [0.4, 0.5) is 26.3 Å². The number of halogens is 7. The van der Waals surface area contributed by atoms with Crippen molar-refractivity contribution in [1.29, 1.82) is 0 Å². The van der Waals surface area contributed by atoms with Crippen molar-refractivity contribution in [2.45, 2.75) is 50.2 Å². The van der Waals surface area contributed by atoms with E-state index in [2.05, 4.69) is 20.0 Å². The molecule has 2 N–H and O–H groups in total. The first-order chi connectivity index (χ1) is 15.3. The molecule has 1 aromatic carbocycles. The van der Waals surface area contributed by atoms with E-state index in [-0.39, 0.29) is 10.6 Å². The summed E-state index contributed by atoms with van der Waals surface area (Å²) < 4.78 is 83.6. The summed E-state index contributed by atoms with van der Waals surface area (Å²) in [4.78, 5) is 19.7. The number of carbonyl (C=O) groups excluding carboxylic acids is 1. The van der Waals surface area contributed by atoms with Crippen molar-refractivity contribution in [3.8, 4) is 17.1 Å². The first kappa shape index (κ1) is 25.0. The van der Waals surface area contributed by atoms with E-state index >= 15 is 0 Å². The lowest BCUT2D eigenvalue weighted by Gasteiger charge is -2.28. The van der Waals surface area contributed by atoms with E-state index in [4.69, 9.17) is 11.6 Å². The quantitative estimate of drug-likeness (QED) is 0.580. The van der Waals surface area contributed by atoms with E-state index in [1.54, 1.807) is 0 Å². The molecule has 1 aliphatic carbocycles. The molecule has 6 nitrogen and oxygen atoms in total. The second-order valence-corrected chi connectivity index (χ2v) is 7.85. The summed E-state index contributed by atoms with van der Waals surface area (Å²) in [5.41, 5.74) is -3.50. The van der Waals surface area contributed by atoms with Gasteiger partial charge in [-0.15, -0.1) is 0 Å². The van der Waals surface area contributed by atoms with Gasteiger partial charge in [0.2, 0.25) is 5.88 Å². The molecule has 13 heteroatoms. The number of benzene rings is 1. The summed E-state index contributed by atoms with van der Waals surface area (Å²) in [6.45, 7) is -1.92. The highest BCUT2D eigenvalue weighted by Gasteiger charge is 2.41. The third-order valence-corrected chi connectivity index (χ3v) is 5.10. The van der Waals surface area contributed by atoms with Crippen molar-refractivity contribution < 1.29 is 41.0 Å². The van der Waals surface area contributed by atoms with Gasteiger partial charge in [0.05, 0.1) is 12.1 Å². The van der Waals surface area contributed by atoms with Gasteiger partial charge in [0.1, 0.15) is 5.69 Å². The van der Waals surface area contributed by atoms with Crippen LogP contribution in [0.1, 0.15) is 41.9 Å². The highest BCUT2D eigenvalue weighted by molar-refractivity contribution is 6.30. The molecule has 2 aromatic rings. The maximum absolute atomic E-state index is 13.7. The van der Waals surface area contributed by atoms with Crippen molar-refractivity contribution in [2.75, 3.05) is 6.61 Å². The normalized spacial score (nSPS) is 19.3. The number of nitrogens with zero attached hydrogens (tertiary/aromatic N) is 2. The predicted octanol–water partition coefficient (Wildman–Crippen LogP) is 4.79. The van der Waals surface area contributed by atoms with Crippen LogP contribution in [0.5, 0.6) is 5.88 Å².